The Morgan fingerprint density at radius 2 is 2.05 bits per heavy atom. The minimum Gasteiger partial charge on any atom is -0.334 e. The second-order valence-electron chi connectivity index (χ2n) is 7.21. The SMILES string of the molecule is CCC1CCC(Cn2cncc2C2(C)CCNC2)CC1. The molecule has 0 bridgehead atoms. The summed E-state index contributed by atoms with van der Waals surface area (Å²) in [6.45, 7) is 8.15. The van der Waals surface area contributed by atoms with Gasteiger partial charge in [-0.15, -0.1) is 0 Å². The van der Waals surface area contributed by atoms with Crippen molar-refractivity contribution in [1.29, 1.82) is 0 Å². The quantitative estimate of drug-likeness (QED) is 0.913. The molecule has 1 saturated heterocycles. The van der Waals surface area contributed by atoms with Crippen LogP contribution in [-0.4, -0.2) is 22.6 Å². The van der Waals surface area contributed by atoms with Crippen molar-refractivity contribution in [3.63, 3.8) is 0 Å². The zero-order valence-corrected chi connectivity index (χ0v) is 13.1. The van der Waals surface area contributed by atoms with Crippen LogP contribution < -0.4 is 5.32 Å². The molecule has 1 aromatic rings. The number of rotatable bonds is 4. The maximum atomic E-state index is 4.44. The van der Waals surface area contributed by atoms with E-state index < -0.39 is 0 Å². The Morgan fingerprint density at radius 1 is 1.30 bits per heavy atom. The van der Waals surface area contributed by atoms with Gasteiger partial charge in [0.25, 0.3) is 0 Å². The predicted molar refractivity (Wildman–Crippen MR) is 82.8 cm³/mol. The van der Waals surface area contributed by atoms with E-state index in [-0.39, 0.29) is 5.41 Å². The van der Waals surface area contributed by atoms with Crippen molar-refractivity contribution in [2.45, 2.75) is 64.3 Å². The van der Waals surface area contributed by atoms with Crippen LogP contribution in [0.25, 0.3) is 0 Å². The van der Waals surface area contributed by atoms with Gasteiger partial charge in [0.1, 0.15) is 0 Å². The molecule has 2 heterocycles. The van der Waals surface area contributed by atoms with E-state index in [0.29, 0.717) is 0 Å². The van der Waals surface area contributed by atoms with Crippen LogP contribution >= 0.6 is 0 Å². The van der Waals surface area contributed by atoms with E-state index in [1.165, 1.54) is 50.8 Å². The highest BCUT2D eigenvalue weighted by molar-refractivity contribution is 5.17. The fraction of sp³-hybridized carbons (Fsp3) is 0.824. The Kier molecular flexibility index (Phi) is 4.16. The second kappa shape index (κ2) is 5.88. The van der Waals surface area contributed by atoms with Gasteiger partial charge in [-0.1, -0.05) is 33.1 Å². The van der Waals surface area contributed by atoms with E-state index in [9.17, 15) is 0 Å². The van der Waals surface area contributed by atoms with Gasteiger partial charge < -0.3 is 9.88 Å². The molecule has 3 rings (SSSR count). The lowest BCUT2D eigenvalue weighted by Gasteiger charge is -2.30. The van der Waals surface area contributed by atoms with Gasteiger partial charge in [-0.05, 0) is 37.6 Å². The molecule has 1 saturated carbocycles. The molecular formula is C17H29N3. The first kappa shape index (κ1) is 14.1. The van der Waals surface area contributed by atoms with Gasteiger partial charge in [-0.3, -0.25) is 0 Å². The van der Waals surface area contributed by atoms with Crippen molar-refractivity contribution < 1.29 is 0 Å². The minimum atomic E-state index is 0.289. The lowest BCUT2D eigenvalue weighted by molar-refractivity contribution is 0.243. The molecule has 1 aliphatic heterocycles. The average molecular weight is 275 g/mol. The Labute approximate surface area is 123 Å². The number of imidazole rings is 1. The molecule has 0 aromatic carbocycles. The van der Waals surface area contributed by atoms with Crippen molar-refractivity contribution in [2.24, 2.45) is 11.8 Å². The van der Waals surface area contributed by atoms with Crippen LogP contribution in [-0.2, 0) is 12.0 Å². The number of hydrogen-bond donors (Lipinski definition) is 1. The highest BCUT2D eigenvalue weighted by atomic mass is 15.1. The molecule has 0 radical (unpaired) electrons. The molecule has 1 unspecified atom stereocenters. The van der Waals surface area contributed by atoms with Gasteiger partial charge in [0, 0.05) is 30.4 Å². The summed E-state index contributed by atoms with van der Waals surface area (Å²) in [5.74, 6) is 1.86. The number of nitrogens with one attached hydrogen (secondary N) is 1. The summed E-state index contributed by atoms with van der Waals surface area (Å²) in [7, 11) is 0. The first-order valence-corrected chi connectivity index (χ1v) is 8.42. The van der Waals surface area contributed by atoms with E-state index in [1.54, 1.807) is 0 Å². The van der Waals surface area contributed by atoms with E-state index in [2.05, 4.69) is 41.2 Å². The molecule has 20 heavy (non-hydrogen) atoms. The van der Waals surface area contributed by atoms with E-state index in [4.69, 9.17) is 0 Å². The molecule has 1 atom stereocenters. The standard InChI is InChI=1S/C17H29N3/c1-3-14-4-6-15(7-5-14)11-20-13-19-10-16(20)17(2)8-9-18-12-17/h10,13-15,18H,3-9,11-12H2,1-2H3. The zero-order chi connectivity index (χ0) is 14.0. The van der Waals surface area contributed by atoms with Crippen molar-refractivity contribution in [3.8, 4) is 0 Å². The topological polar surface area (TPSA) is 29.9 Å². The van der Waals surface area contributed by atoms with Gasteiger partial charge in [-0.2, -0.15) is 0 Å². The fourth-order valence-electron chi connectivity index (χ4n) is 4.10. The smallest absolute Gasteiger partial charge is 0.0948 e. The van der Waals surface area contributed by atoms with Crippen LogP contribution in [0.3, 0.4) is 0 Å². The van der Waals surface area contributed by atoms with E-state index in [0.717, 1.165) is 24.9 Å². The number of nitrogens with zero attached hydrogens (tertiary/aromatic N) is 2. The zero-order valence-electron chi connectivity index (χ0n) is 13.1. The third kappa shape index (κ3) is 2.78. The van der Waals surface area contributed by atoms with Gasteiger partial charge in [0.15, 0.2) is 0 Å². The molecule has 1 aromatic heterocycles. The summed E-state index contributed by atoms with van der Waals surface area (Å²) in [5, 5.41) is 3.50. The van der Waals surface area contributed by atoms with Crippen LogP contribution in [0.2, 0.25) is 0 Å². The van der Waals surface area contributed by atoms with Crippen molar-refractivity contribution >= 4 is 0 Å². The maximum absolute atomic E-state index is 4.44. The Balaban J connectivity index is 1.65. The summed E-state index contributed by atoms with van der Waals surface area (Å²) in [5.41, 5.74) is 1.73. The number of hydrogen-bond acceptors (Lipinski definition) is 2. The van der Waals surface area contributed by atoms with Gasteiger partial charge in [-0.25, -0.2) is 4.98 Å². The first-order chi connectivity index (χ1) is 9.71. The van der Waals surface area contributed by atoms with E-state index in [1.807, 2.05) is 0 Å². The van der Waals surface area contributed by atoms with E-state index >= 15 is 0 Å². The Bertz CT molecular complexity index is 423. The third-order valence-electron chi connectivity index (χ3n) is 5.70. The summed E-state index contributed by atoms with van der Waals surface area (Å²) in [6.07, 6.45) is 12.5. The molecule has 0 spiro atoms. The molecule has 3 heteroatoms. The largest absolute Gasteiger partial charge is 0.334 e. The third-order valence-corrected chi connectivity index (χ3v) is 5.70. The molecular weight excluding hydrogens is 246 g/mol. The lowest BCUT2D eigenvalue weighted by Crippen LogP contribution is -2.29. The van der Waals surface area contributed by atoms with Crippen LogP contribution in [0, 0.1) is 11.8 Å². The highest BCUT2D eigenvalue weighted by Crippen LogP contribution is 2.34. The summed E-state index contributed by atoms with van der Waals surface area (Å²) < 4.78 is 2.45. The van der Waals surface area contributed by atoms with Crippen molar-refractivity contribution in [1.82, 2.24) is 14.9 Å². The van der Waals surface area contributed by atoms with Gasteiger partial charge in [0.05, 0.1) is 6.33 Å². The fourth-order valence-corrected chi connectivity index (χ4v) is 4.10. The molecule has 2 aliphatic rings. The molecule has 1 N–H and O–H groups in total. The van der Waals surface area contributed by atoms with Gasteiger partial charge in [0.2, 0.25) is 0 Å². The monoisotopic (exact) mass is 275 g/mol. The minimum absolute atomic E-state index is 0.289. The summed E-state index contributed by atoms with van der Waals surface area (Å²) in [4.78, 5) is 4.44. The van der Waals surface area contributed by atoms with Crippen LogP contribution in [0.4, 0.5) is 0 Å². The van der Waals surface area contributed by atoms with Crippen LogP contribution in [0.15, 0.2) is 12.5 Å². The maximum Gasteiger partial charge on any atom is 0.0948 e. The number of aromatic nitrogens is 2. The highest BCUT2D eigenvalue weighted by Gasteiger charge is 2.33. The first-order valence-electron chi connectivity index (χ1n) is 8.42. The summed E-state index contributed by atoms with van der Waals surface area (Å²) in [6, 6.07) is 0. The molecule has 112 valence electrons. The van der Waals surface area contributed by atoms with Gasteiger partial charge >= 0.3 is 0 Å². The summed E-state index contributed by atoms with van der Waals surface area (Å²) >= 11 is 0. The Hall–Kier alpha value is -0.830. The van der Waals surface area contributed by atoms with Crippen LogP contribution in [0.5, 0.6) is 0 Å². The van der Waals surface area contributed by atoms with Crippen LogP contribution in [0.1, 0.15) is 58.1 Å². The average Bonchev–Trinajstić information content (AvgIpc) is 3.10. The van der Waals surface area contributed by atoms with Crippen molar-refractivity contribution in [3.05, 3.63) is 18.2 Å². The molecule has 2 fully saturated rings. The molecule has 0 amide bonds. The predicted octanol–water partition coefficient (Wildman–Crippen LogP) is 3.35. The van der Waals surface area contributed by atoms with Crippen molar-refractivity contribution in [2.75, 3.05) is 13.1 Å². The normalized spacial score (nSPS) is 34.5. The Morgan fingerprint density at radius 3 is 2.70 bits per heavy atom. The molecule has 3 nitrogen and oxygen atoms in total. The molecule has 1 aliphatic carbocycles. The lowest BCUT2D eigenvalue weighted by atomic mass is 9.80. The second-order valence-corrected chi connectivity index (χ2v) is 7.21.